The lowest BCUT2D eigenvalue weighted by Crippen LogP contribution is -2.03. The molecule has 0 heterocycles. The van der Waals surface area contributed by atoms with E-state index in [0.29, 0.717) is 18.8 Å². The molecule has 1 saturated carbocycles. The van der Waals surface area contributed by atoms with E-state index in [2.05, 4.69) is 0 Å². The second-order valence-corrected chi connectivity index (χ2v) is 3.53. The minimum atomic E-state index is -0.463. The third-order valence-corrected chi connectivity index (χ3v) is 2.28. The molecule has 0 radical (unpaired) electrons. The first-order valence-electron chi connectivity index (χ1n) is 4.67. The Labute approximate surface area is 81.7 Å². The molecule has 0 amide bonds. The quantitative estimate of drug-likeness (QED) is 0.688. The van der Waals surface area contributed by atoms with E-state index < -0.39 is 5.82 Å². The monoisotopic (exact) mass is 194 g/mol. The summed E-state index contributed by atoms with van der Waals surface area (Å²) in [6, 6.07) is 4.36. The van der Waals surface area contributed by atoms with Crippen LogP contribution in [-0.2, 0) is 0 Å². The Balaban J connectivity index is 2.15. The average Bonchev–Trinajstić information content (AvgIpc) is 2.99. The molecule has 0 bridgehead atoms. The molecule has 1 aliphatic rings. The fourth-order valence-electron chi connectivity index (χ4n) is 1.26. The van der Waals surface area contributed by atoms with Crippen LogP contribution in [-0.4, -0.2) is 12.9 Å². The fraction of sp³-hybridized carbons (Fsp3) is 0.364. The molecule has 1 fully saturated rings. The number of hydrogen-bond donors (Lipinski definition) is 0. The van der Waals surface area contributed by atoms with Crippen LogP contribution >= 0.6 is 0 Å². The largest absolute Gasteiger partial charge is 0.489 e. The van der Waals surface area contributed by atoms with E-state index in [1.54, 1.807) is 6.07 Å². The predicted octanol–water partition coefficient (Wildman–Crippen LogP) is 2.43. The summed E-state index contributed by atoms with van der Waals surface area (Å²) < 4.78 is 18.5. The van der Waals surface area contributed by atoms with Crippen LogP contribution in [0.15, 0.2) is 18.2 Å². The molecule has 14 heavy (non-hydrogen) atoms. The Morgan fingerprint density at radius 3 is 2.93 bits per heavy atom. The van der Waals surface area contributed by atoms with Crippen LogP contribution in [0.2, 0.25) is 0 Å². The van der Waals surface area contributed by atoms with Crippen LogP contribution < -0.4 is 4.74 Å². The minimum Gasteiger partial charge on any atom is -0.489 e. The van der Waals surface area contributed by atoms with Crippen molar-refractivity contribution in [1.82, 2.24) is 0 Å². The van der Waals surface area contributed by atoms with E-state index in [9.17, 15) is 9.18 Å². The molecule has 2 nitrogen and oxygen atoms in total. The molecule has 0 saturated heterocycles. The van der Waals surface area contributed by atoms with Gasteiger partial charge in [-0.25, -0.2) is 4.39 Å². The van der Waals surface area contributed by atoms with Gasteiger partial charge in [-0.15, -0.1) is 0 Å². The van der Waals surface area contributed by atoms with Gasteiger partial charge < -0.3 is 4.74 Å². The van der Waals surface area contributed by atoms with Crippen molar-refractivity contribution in [3.05, 3.63) is 29.6 Å². The topological polar surface area (TPSA) is 26.3 Å². The number of para-hydroxylation sites is 1. The number of carbonyl (C=O) groups excluding carboxylic acids is 1. The highest BCUT2D eigenvalue weighted by molar-refractivity contribution is 5.79. The zero-order chi connectivity index (χ0) is 9.97. The minimum absolute atomic E-state index is 0.0920. The molecule has 0 unspecified atom stereocenters. The SMILES string of the molecule is O=Cc1cccc(F)c1OCC1CC1. The zero-order valence-electron chi connectivity index (χ0n) is 7.70. The van der Waals surface area contributed by atoms with Crippen molar-refractivity contribution in [2.75, 3.05) is 6.61 Å². The van der Waals surface area contributed by atoms with Crippen molar-refractivity contribution in [3.63, 3.8) is 0 Å². The third kappa shape index (κ3) is 1.92. The van der Waals surface area contributed by atoms with Crippen LogP contribution in [0.1, 0.15) is 23.2 Å². The number of rotatable bonds is 4. The Kier molecular flexibility index (Phi) is 2.48. The molecular weight excluding hydrogens is 183 g/mol. The highest BCUT2D eigenvalue weighted by Gasteiger charge is 2.23. The van der Waals surface area contributed by atoms with Gasteiger partial charge in [-0.05, 0) is 30.9 Å². The van der Waals surface area contributed by atoms with Crippen molar-refractivity contribution in [3.8, 4) is 5.75 Å². The lowest BCUT2D eigenvalue weighted by atomic mass is 10.2. The summed E-state index contributed by atoms with van der Waals surface area (Å²) in [4.78, 5) is 10.6. The van der Waals surface area contributed by atoms with E-state index >= 15 is 0 Å². The summed E-state index contributed by atoms with van der Waals surface area (Å²) in [5.41, 5.74) is 0.283. The maximum atomic E-state index is 13.2. The normalized spacial score (nSPS) is 15.2. The van der Waals surface area contributed by atoms with Crippen molar-refractivity contribution in [2.45, 2.75) is 12.8 Å². The molecule has 0 aliphatic heterocycles. The van der Waals surface area contributed by atoms with Gasteiger partial charge in [-0.1, -0.05) is 6.07 Å². The van der Waals surface area contributed by atoms with Gasteiger partial charge in [0, 0.05) is 0 Å². The molecule has 3 heteroatoms. The number of benzene rings is 1. The number of aldehydes is 1. The average molecular weight is 194 g/mol. The van der Waals surface area contributed by atoms with Gasteiger partial charge in [0.15, 0.2) is 17.9 Å². The summed E-state index contributed by atoms with van der Waals surface area (Å²) in [5.74, 6) is 0.179. The lowest BCUT2D eigenvalue weighted by Gasteiger charge is -2.07. The third-order valence-electron chi connectivity index (χ3n) is 2.28. The van der Waals surface area contributed by atoms with Crippen molar-refractivity contribution in [2.24, 2.45) is 5.92 Å². The lowest BCUT2D eigenvalue weighted by molar-refractivity contribution is 0.111. The zero-order valence-corrected chi connectivity index (χ0v) is 7.70. The molecule has 1 aromatic rings. The van der Waals surface area contributed by atoms with Gasteiger partial charge in [0.25, 0.3) is 0 Å². The first-order chi connectivity index (χ1) is 6.81. The van der Waals surface area contributed by atoms with E-state index in [-0.39, 0.29) is 11.3 Å². The van der Waals surface area contributed by atoms with Crippen LogP contribution in [0.5, 0.6) is 5.75 Å². The predicted molar refractivity (Wildman–Crippen MR) is 50.0 cm³/mol. The molecule has 1 aliphatic carbocycles. The molecule has 0 atom stereocenters. The van der Waals surface area contributed by atoms with E-state index in [1.165, 1.54) is 12.1 Å². The smallest absolute Gasteiger partial charge is 0.165 e. The Morgan fingerprint density at radius 2 is 2.29 bits per heavy atom. The van der Waals surface area contributed by atoms with Gasteiger partial charge in [-0.3, -0.25) is 4.79 Å². The van der Waals surface area contributed by atoms with Gasteiger partial charge in [0.05, 0.1) is 12.2 Å². The Morgan fingerprint density at radius 1 is 1.50 bits per heavy atom. The molecular formula is C11H11FO2. The van der Waals surface area contributed by atoms with Crippen molar-refractivity contribution < 1.29 is 13.9 Å². The number of carbonyl (C=O) groups is 1. The summed E-state index contributed by atoms with van der Waals surface area (Å²) in [6.07, 6.45) is 2.90. The van der Waals surface area contributed by atoms with Gasteiger partial charge in [0.2, 0.25) is 0 Å². The highest BCUT2D eigenvalue weighted by atomic mass is 19.1. The standard InChI is InChI=1S/C11H11FO2/c12-10-3-1-2-9(6-13)11(10)14-7-8-4-5-8/h1-3,6,8H,4-5,7H2. The second kappa shape index (κ2) is 3.78. The Hall–Kier alpha value is -1.38. The molecule has 74 valence electrons. The van der Waals surface area contributed by atoms with Crippen LogP contribution in [0.4, 0.5) is 4.39 Å². The molecule has 2 rings (SSSR count). The summed E-state index contributed by atoms with van der Waals surface area (Å²) in [5, 5.41) is 0. The van der Waals surface area contributed by atoms with Gasteiger partial charge in [0.1, 0.15) is 0 Å². The molecule has 0 spiro atoms. The van der Waals surface area contributed by atoms with Crippen LogP contribution in [0, 0.1) is 11.7 Å². The first kappa shape index (κ1) is 9.19. The molecule has 1 aromatic carbocycles. The highest BCUT2D eigenvalue weighted by Crippen LogP contribution is 2.30. The summed E-state index contributed by atoms with van der Waals surface area (Å²) in [7, 11) is 0. The van der Waals surface area contributed by atoms with E-state index in [4.69, 9.17) is 4.74 Å². The first-order valence-corrected chi connectivity index (χ1v) is 4.67. The number of ether oxygens (including phenoxy) is 1. The second-order valence-electron chi connectivity index (χ2n) is 3.53. The maximum absolute atomic E-state index is 13.2. The van der Waals surface area contributed by atoms with Gasteiger partial charge >= 0.3 is 0 Å². The number of hydrogen-bond acceptors (Lipinski definition) is 2. The van der Waals surface area contributed by atoms with Crippen LogP contribution in [0.25, 0.3) is 0 Å². The molecule has 0 aromatic heterocycles. The van der Waals surface area contributed by atoms with E-state index in [0.717, 1.165) is 12.8 Å². The van der Waals surface area contributed by atoms with Crippen LogP contribution in [0.3, 0.4) is 0 Å². The van der Waals surface area contributed by atoms with E-state index in [1.807, 2.05) is 0 Å². The Bertz CT molecular complexity index is 345. The maximum Gasteiger partial charge on any atom is 0.165 e. The fourth-order valence-corrected chi connectivity index (χ4v) is 1.26. The number of halogens is 1. The summed E-state index contributed by atoms with van der Waals surface area (Å²) in [6.45, 7) is 0.516. The molecule has 0 N–H and O–H groups in total. The van der Waals surface area contributed by atoms with Crippen molar-refractivity contribution in [1.29, 1.82) is 0 Å². The summed E-state index contributed by atoms with van der Waals surface area (Å²) >= 11 is 0. The van der Waals surface area contributed by atoms with Crippen molar-refractivity contribution >= 4 is 6.29 Å². The van der Waals surface area contributed by atoms with Gasteiger partial charge in [-0.2, -0.15) is 0 Å².